The van der Waals surface area contributed by atoms with Crippen LogP contribution >= 0.6 is 23.4 Å². The molecular weight excluding hydrogens is 434 g/mol. The molecular formula is C22H22ClN5O2S. The number of aromatic nitrogens is 3. The minimum atomic E-state index is -0.577. The Labute approximate surface area is 189 Å². The number of halogens is 1. The molecule has 0 saturated carbocycles. The van der Waals surface area contributed by atoms with Crippen LogP contribution in [0.1, 0.15) is 11.1 Å². The van der Waals surface area contributed by atoms with Gasteiger partial charge in [-0.3, -0.25) is 14.7 Å². The number of thioether (sulfide) groups is 1. The number of benzene rings is 2. The van der Waals surface area contributed by atoms with Crippen molar-refractivity contribution in [3.8, 4) is 11.4 Å². The Balaban J connectivity index is 1.62. The standard InChI is InChI=1S/C22H22ClN5O2S/c1-4-11-28-20(16-6-8-17(23)9-7-16)26-27-22(28)31-13-19(29)25-21(30)24-18-10-5-14(2)12-15(18)3/h4-10,12H,1,11,13H2,2-3H3,(H2,24,25,29,30). The zero-order valence-electron chi connectivity index (χ0n) is 17.2. The number of imide groups is 1. The molecule has 2 aromatic carbocycles. The van der Waals surface area contributed by atoms with Gasteiger partial charge < -0.3 is 5.32 Å². The maximum Gasteiger partial charge on any atom is 0.325 e. The summed E-state index contributed by atoms with van der Waals surface area (Å²) in [6, 6.07) is 12.3. The number of urea groups is 1. The first-order valence-electron chi connectivity index (χ1n) is 9.48. The third-order valence-corrected chi connectivity index (χ3v) is 5.57. The van der Waals surface area contributed by atoms with Crippen LogP contribution in [0, 0.1) is 13.8 Å². The summed E-state index contributed by atoms with van der Waals surface area (Å²) in [6.07, 6.45) is 1.73. The summed E-state index contributed by atoms with van der Waals surface area (Å²) in [5, 5.41) is 14.6. The second-order valence-corrected chi connectivity index (χ2v) is 8.20. The number of carbonyl (C=O) groups excluding carboxylic acids is 2. The van der Waals surface area contributed by atoms with Gasteiger partial charge in [-0.25, -0.2) is 4.79 Å². The van der Waals surface area contributed by atoms with E-state index in [0.717, 1.165) is 16.7 Å². The predicted octanol–water partition coefficient (Wildman–Crippen LogP) is 4.84. The highest BCUT2D eigenvalue weighted by Crippen LogP contribution is 2.25. The van der Waals surface area contributed by atoms with E-state index in [0.29, 0.717) is 28.2 Å². The van der Waals surface area contributed by atoms with Crippen LogP contribution in [0.4, 0.5) is 10.5 Å². The average molecular weight is 456 g/mol. The van der Waals surface area contributed by atoms with Crippen LogP contribution < -0.4 is 10.6 Å². The number of nitrogens with one attached hydrogen (secondary N) is 2. The van der Waals surface area contributed by atoms with Crippen LogP contribution in [0.15, 0.2) is 60.3 Å². The second-order valence-electron chi connectivity index (χ2n) is 6.82. The lowest BCUT2D eigenvalue weighted by Crippen LogP contribution is -2.35. The Bertz CT molecular complexity index is 1110. The van der Waals surface area contributed by atoms with Crippen LogP contribution in [0.3, 0.4) is 0 Å². The molecule has 0 unspecified atom stereocenters. The maximum absolute atomic E-state index is 12.3. The van der Waals surface area contributed by atoms with Crippen molar-refractivity contribution in [1.82, 2.24) is 20.1 Å². The van der Waals surface area contributed by atoms with Gasteiger partial charge in [0.2, 0.25) is 5.91 Å². The van der Waals surface area contributed by atoms with Crippen LogP contribution in [0.2, 0.25) is 5.02 Å². The minimum Gasteiger partial charge on any atom is -0.307 e. The number of hydrogen-bond donors (Lipinski definition) is 2. The molecule has 1 heterocycles. The maximum atomic E-state index is 12.3. The molecule has 0 fully saturated rings. The predicted molar refractivity (Wildman–Crippen MR) is 124 cm³/mol. The lowest BCUT2D eigenvalue weighted by molar-refractivity contribution is -0.117. The summed E-state index contributed by atoms with van der Waals surface area (Å²) in [5.41, 5.74) is 3.52. The number of carbonyl (C=O) groups is 2. The van der Waals surface area contributed by atoms with Gasteiger partial charge in [0.15, 0.2) is 11.0 Å². The van der Waals surface area contributed by atoms with Crippen LogP contribution in [0.25, 0.3) is 11.4 Å². The van der Waals surface area contributed by atoms with E-state index in [4.69, 9.17) is 11.6 Å². The first kappa shape index (κ1) is 22.6. The molecule has 7 nitrogen and oxygen atoms in total. The van der Waals surface area contributed by atoms with Crippen molar-refractivity contribution in [2.24, 2.45) is 0 Å². The van der Waals surface area contributed by atoms with Crippen molar-refractivity contribution in [2.45, 2.75) is 25.5 Å². The number of nitrogens with zero attached hydrogens (tertiary/aromatic N) is 3. The SMILES string of the molecule is C=CCn1c(SCC(=O)NC(=O)Nc2ccc(C)cc2C)nnc1-c1ccc(Cl)cc1. The van der Waals surface area contributed by atoms with Gasteiger partial charge in [0, 0.05) is 22.8 Å². The molecule has 0 spiro atoms. The van der Waals surface area contributed by atoms with Gasteiger partial charge >= 0.3 is 6.03 Å². The molecule has 0 aliphatic heterocycles. The first-order chi connectivity index (χ1) is 14.9. The highest BCUT2D eigenvalue weighted by atomic mass is 35.5. The normalized spacial score (nSPS) is 10.5. The van der Waals surface area contributed by atoms with E-state index in [1.54, 1.807) is 24.3 Å². The Morgan fingerprint density at radius 3 is 2.58 bits per heavy atom. The Morgan fingerprint density at radius 2 is 1.90 bits per heavy atom. The minimum absolute atomic E-state index is 0.0101. The zero-order chi connectivity index (χ0) is 22.4. The molecule has 0 atom stereocenters. The number of amides is 3. The third-order valence-electron chi connectivity index (χ3n) is 4.35. The fourth-order valence-corrected chi connectivity index (χ4v) is 3.78. The summed E-state index contributed by atoms with van der Waals surface area (Å²) >= 11 is 7.15. The van der Waals surface area contributed by atoms with Crippen molar-refractivity contribution in [3.05, 3.63) is 71.3 Å². The van der Waals surface area contributed by atoms with Crippen molar-refractivity contribution < 1.29 is 9.59 Å². The van der Waals surface area contributed by atoms with Gasteiger partial charge in [0.25, 0.3) is 0 Å². The quantitative estimate of drug-likeness (QED) is 0.393. The number of rotatable bonds is 7. The van der Waals surface area contributed by atoms with E-state index < -0.39 is 11.9 Å². The fraction of sp³-hybridized carbons (Fsp3) is 0.182. The smallest absolute Gasteiger partial charge is 0.307 e. The summed E-state index contributed by atoms with van der Waals surface area (Å²) in [5.74, 6) is 0.219. The molecule has 3 rings (SSSR count). The van der Waals surface area contributed by atoms with Crippen molar-refractivity contribution >= 4 is 41.0 Å². The summed E-state index contributed by atoms with van der Waals surface area (Å²) < 4.78 is 1.85. The van der Waals surface area contributed by atoms with Crippen LogP contribution in [0.5, 0.6) is 0 Å². The molecule has 9 heteroatoms. The molecule has 0 bridgehead atoms. The Hall–Kier alpha value is -3.10. The van der Waals surface area contributed by atoms with Gasteiger partial charge in [0.1, 0.15) is 0 Å². The van der Waals surface area contributed by atoms with Gasteiger partial charge in [-0.1, -0.05) is 47.1 Å². The molecule has 31 heavy (non-hydrogen) atoms. The number of aryl methyl sites for hydroxylation is 2. The zero-order valence-corrected chi connectivity index (χ0v) is 18.8. The van der Waals surface area contributed by atoms with E-state index >= 15 is 0 Å². The van der Waals surface area contributed by atoms with Gasteiger partial charge in [0.05, 0.1) is 5.75 Å². The van der Waals surface area contributed by atoms with Crippen molar-refractivity contribution in [2.75, 3.05) is 11.1 Å². The van der Waals surface area contributed by atoms with Crippen LogP contribution in [-0.4, -0.2) is 32.5 Å². The highest BCUT2D eigenvalue weighted by Gasteiger charge is 2.16. The Kier molecular flexibility index (Phi) is 7.49. The number of allylic oxidation sites excluding steroid dienone is 1. The summed E-state index contributed by atoms with van der Waals surface area (Å²) in [4.78, 5) is 24.4. The molecule has 0 aliphatic rings. The van der Waals surface area contributed by atoms with E-state index in [1.165, 1.54) is 11.8 Å². The third kappa shape index (κ3) is 5.96. The molecule has 0 radical (unpaired) electrons. The van der Waals surface area contributed by atoms with Gasteiger partial charge in [-0.15, -0.1) is 16.8 Å². The van der Waals surface area contributed by atoms with E-state index in [9.17, 15) is 9.59 Å². The molecule has 1 aromatic heterocycles. The summed E-state index contributed by atoms with van der Waals surface area (Å²) in [7, 11) is 0. The Morgan fingerprint density at radius 1 is 1.16 bits per heavy atom. The monoisotopic (exact) mass is 455 g/mol. The molecule has 0 saturated heterocycles. The molecule has 3 aromatic rings. The lowest BCUT2D eigenvalue weighted by Gasteiger charge is -2.10. The van der Waals surface area contributed by atoms with Crippen molar-refractivity contribution in [1.29, 1.82) is 0 Å². The number of anilines is 1. The second kappa shape index (κ2) is 10.3. The molecule has 0 aliphatic carbocycles. The van der Waals surface area contributed by atoms with E-state index in [2.05, 4.69) is 27.4 Å². The largest absolute Gasteiger partial charge is 0.325 e. The lowest BCUT2D eigenvalue weighted by atomic mass is 10.1. The highest BCUT2D eigenvalue weighted by molar-refractivity contribution is 7.99. The fourth-order valence-electron chi connectivity index (χ4n) is 2.90. The topological polar surface area (TPSA) is 88.9 Å². The number of hydrogen-bond acceptors (Lipinski definition) is 5. The van der Waals surface area contributed by atoms with E-state index in [1.807, 2.05) is 42.7 Å². The first-order valence-corrected chi connectivity index (χ1v) is 10.8. The van der Waals surface area contributed by atoms with Gasteiger partial charge in [-0.05, 0) is 49.7 Å². The molecule has 3 amide bonds. The van der Waals surface area contributed by atoms with Gasteiger partial charge in [-0.2, -0.15) is 0 Å². The molecule has 2 N–H and O–H groups in total. The van der Waals surface area contributed by atoms with E-state index in [-0.39, 0.29) is 5.75 Å². The van der Waals surface area contributed by atoms with Crippen molar-refractivity contribution in [3.63, 3.8) is 0 Å². The average Bonchev–Trinajstić information content (AvgIpc) is 3.12. The molecule has 160 valence electrons. The summed E-state index contributed by atoms with van der Waals surface area (Å²) in [6.45, 7) is 8.11. The van der Waals surface area contributed by atoms with Crippen LogP contribution in [-0.2, 0) is 11.3 Å².